The van der Waals surface area contributed by atoms with Crippen molar-refractivity contribution in [3.05, 3.63) is 33.9 Å². The maximum Gasteiger partial charge on any atom is 0.316 e. The van der Waals surface area contributed by atoms with Crippen molar-refractivity contribution < 1.29 is 0 Å². The first kappa shape index (κ1) is 12.0. The lowest BCUT2D eigenvalue weighted by molar-refractivity contribution is 1.17. The Labute approximate surface area is 91.5 Å². The molecule has 0 nitrogen and oxygen atoms in total. The molecule has 1 radical (unpaired) electrons. The standard InChI is InChI=1S/C11H15.Mg.2H/c1-7-6-8(2)10(4)11(5)9(7)3;;;/h1-5H3;;;. The van der Waals surface area contributed by atoms with E-state index in [0.717, 1.165) is 0 Å². The van der Waals surface area contributed by atoms with Crippen molar-refractivity contribution in [3.63, 3.8) is 0 Å². The first-order chi connectivity index (χ1) is 5.04. The molecule has 63 valence electrons. The Morgan fingerprint density at radius 3 is 1.33 bits per heavy atom. The molecule has 0 aliphatic heterocycles. The summed E-state index contributed by atoms with van der Waals surface area (Å²) in [5, 5.41) is 0. The maximum absolute atomic E-state index is 3.35. The van der Waals surface area contributed by atoms with Crippen molar-refractivity contribution in [2.45, 2.75) is 34.6 Å². The van der Waals surface area contributed by atoms with E-state index in [2.05, 4.69) is 40.7 Å². The van der Waals surface area contributed by atoms with Gasteiger partial charge in [0.15, 0.2) is 0 Å². The summed E-state index contributed by atoms with van der Waals surface area (Å²) < 4.78 is 0. The van der Waals surface area contributed by atoms with Gasteiger partial charge in [-0.2, -0.15) is 0 Å². The summed E-state index contributed by atoms with van der Waals surface area (Å²) in [5.74, 6) is 0. The van der Waals surface area contributed by atoms with Crippen LogP contribution in [0.4, 0.5) is 0 Å². The highest BCUT2D eigenvalue weighted by atomic mass is 24.3. The lowest BCUT2D eigenvalue weighted by atomic mass is 9.96. The molecular weight excluding hydrogens is 156 g/mol. The van der Waals surface area contributed by atoms with Gasteiger partial charge in [-0.1, -0.05) is 0 Å². The predicted molar refractivity (Wildman–Crippen MR) is 57.5 cm³/mol. The number of hydrogen-bond donors (Lipinski definition) is 0. The molecule has 0 aromatic heterocycles. The lowest BCUT2D eigenvalue weighted by Crippen LogP contribution is -1.93. The minimum absolute atomic E-state index is 0. The van der Waals surface area contributed by atoms with Crippen LogP contribution in [0.2, 0.25) is 0 Å². The highest BCUT2D eigenvalue weighted by Crippen LogP contribution is 2.19. The molecule has 0 fully saturated rings. The molecule has 0 aliphatic rings. The van der Waals surface area contributed by atoms with Gasteiger partial charge in [0.05, 0.1) is 0 Å². The predicted octanol–water partition coefficient (Wildman–Crippen LogP) is 2.11. The summed E-state index contributed by atoms with van der Waals surface area (Å²) >= 11 is 0. The Kier molecular flexibility index (Phi) is 4.28. The van der Waals surface area contributed by atoms with E-state index in [1.807, 2.05) is 0 Å². The van der Waals surface area contributed by atoms with Crippen LogP contribution >= 0.6 is 0 Å². The maximum atomic E-state index is 3.35. The monoisotopic (exact) mass is 173 g/mol. The largest absolute Gasteiger partial charge is 0.316 e. The number of benzene rings is 1. The summed E-state index contributed by atoms with van der Waals surface area (Å²) in [4.78, 5) is 0. The third kappa shape index (κ3) is 2.02. The third-order valence-corrected chi connectivity index (χ3v) is 2.62. The van der Waals surface area contributed by atoms with Crippen LogP contribution in [-0.2, 0) is 0 Å². The Bertz CT molecular complexity index is 261. The molecule has 1 rings (SSSR count). The second kappa shape index (κ2) is 4.29. The van der Waals surface area contributed by atoms with Gasteiger partial charge < -0.3 is 0 Å². The zero-order valence-corrected chi connectivity index (χ0v) is 8.00. The van der Waals surface area contributed by atoms with Crippen LogP contribution in [0.15, 0.2) is 0 Å². The zero-order chi connectivity index (χ0) is 8.59. The van der Waals surface area contributed by atoms with Gasteiger partial charge in [0.1, 0.15) is 0 Å². The first-order valence-electron chi connectivity index (χ1n) is 4.00. The number of aryl methyl sites for hydroxylation is 2. The minimum Gasteiger partial charge on any atom is -0.0447 e. The Balaban J connectivity index is 0.00000121. The van der Waals surface area contributed by atoms with Crippen LogP contribution in [0, 0.1) is 40.7 Å². The van der Waals surface area contributed by atoms with Gasteiger partial charge >= 0.3 is 23.1 Å². The summed E-state index contributed by atoms with van der Waals surface area (Å²) in [7, 11) is 0. The van der Waals surface area contributed by atoms with E-state index in [0.29, 0.717) is 0 Å². The fraction of sp³-hybridized carbons (Fsp3) is 0.455. The average molecular weight is 174 g/mol. The molecule has 0 heterocycles. The van der Waals surface area contributed by atoms with Gasteiger partial charge in [0.25, 0.3) is 0 Å². The molecule has 0 aliphatic carbocycles. The van der Waals surface area contributed by atoms with Crippen molar-refractivity contribution in [2.75, 3.05) is 0 Å². The van der Waals surface area contributed by atoms with Gasteiger partial charge in [-0.05, 0) is 68.5 Å². The minimum atomic E-state index is 0. The van der Waals surface area contributed by atoms with Gasteiger partial charge in [0, 0.05) is 0 Å². The summed E-state index contributed by atoms with van der Waals surface area (Å²) in [6, 6.07) is 3.35. The number of rotatable bonds is 0. The average Bonchev–Trinajstić information content (AvgIpc) is 1.97. The molecule has 0 saturated carbocycles. The van der Waals surface area contributed by atoms with E-state index in [1.165, 1.54) is 27.8 Å². The van der Waals surface area contributed by atoms with Crippen LogP contribution in [-0.4, -0.2) is 23.1 Å². The van der Waals surface area contributed by atoms with Crippen molar-refractivity contribution in [1.82, 2.24) is 0 Å². The third-order valence-electron chi connectivity index (χ3n) is 2.62. The highest BCUT2D eigenvalue weighted by molar-refractivity contribution is 5.75. The Morgan fingerprint density at radius 1 is 0.667 bits per heavy atom. The molecule has 0 bridgehead atoms. The van der Waals surface area contributed by atoms with Crippen molar-refractivity contribution in [2.24, 2.45) is 0 Å². The second-order valence-corrected chi connectivity index (χ2v) is 3.25. The second-order valence-electron chi connectivity index (χ2n) is 3.25. The van der Waals surface area contributed by atoms with Gasteiger partial charge in [-0.25, -0.2) is 0 Å². The molecule has 0 spiro atoms. The molecule has 0 atom stereocenters. The van der Waals surface area contributed by atoms with E-state index in [4.69, 9.17) is 0 Å². The topological polar surface area (TPSA) is 0 Å². The Morgan fingerprint density at radius 2 is 1.00 bits per heavy atom. The first-order valence-corrected chi connectivity index (χ1v) is 4.00. The summed E-state index contributed by atoms with van der Waals surface area (Å²) in [6.45, 7) is 10.7. The molecule has 0 N–H and O–H groups in total. The van der Waals surface area contributed by atoms with Gasteiger partial charge in [-0.15, -0.1) is 0 Å². The van der Waals surface area contributed by atoms with E-state index in [1.54, 1.807) is 0 Å². The zero-order valence-electron chi connectivity index (χ0n) is 8.00. The quantitative estimate of drug-likeness (QED) is 0.527. The van der Waals surface area contributed by atoms with E-state index >= 15 is 0 Å². The van der Waals surface area contributed by atoms with E-state index in [-0.39, 0.29) is 23.1 Å². The lowest BCUT2D eigenvalue weighted by Gasteiger charge is -2.10. The Hall–Kier alpha value is -0.0138. The highest BCUT2D eigenvalue weighted by Gasteiger charge is 2.02. The van der Waals surface area contributed by atoms with Crippen LogP contribution in [0.5, 0.6) is 0 Å². The molecule has 1 aromatic rings. The van der Waals surface area contributed by atoms with Crippen LogP contribution in [0.3, 0.4) is 0 Å². The molecular formula is C11H17Mg. The molecule has 1 heteroatoms. The molecule has 0 amide bonds. The van der Waals surface area contributed by atoms with Gasteiger partial charge in [0.2, 0.25) is 0 Å². The normalized spacial score (nSPS) is 9.42. The van der Waals surface area contributed by atoms with E-state index in [9.17, 15) is 0 Å². The van der Waals surface area contributed by atoms with Crippen molar-refractivity contribution in [1.29, 1.82) is 0 Å². The molecule has 12 heavy (non-hydrogen) atoms. The van der Waals surface area contributed by atoms with Crippen LogP contribution in [0.25, 0.3) is 0 Å². The van der Waals surface area contributed by atoms with Crippen LogP contribution in [0.1, 0.15) is 27.8 Å². The number of hydrogen-bond acceptors (Lipinski definition) is 0. The van der Waals surface area contributed by atoms with Crippen molar-refractivity contribution >= 4 is 23.1 Å². The fourth-order valence-electron chi connectivity index (χ4n) is 1.31. The SMILES string of the molecule is Cc1[c]c(C)c(C)c(C)c1C.[MgH2]. The van der Waals surface area contributed by atoms with Gasteiger partial charge in [-0.3, -0.25) is 0 Å². The summed E-state index contributed by atoms with van der Waals surface area (Å²) in [5.41, 5.74) is 6.75. The molecule has 0 saturated heterocycles. The summed E-state index contributed by atoms with van der Waals surface area (Å²) in [6.07, 6.45) is 0. The fourth-order valence-corrected chi connectivity index (χ4v) is 1.31. The molecule has 0 unspecified atom stereocenters. The van der Waals surface area contributed by atoms with Crippen LogP contribution < -0.4 is 0 Å². The van der Waals surface area contributed by atoms with E-state index < -0.39 is 0 Å². The molecule has 1 aromatic carbocycles. The smallest absolute Gasteiger partial charge is 0.0447 e. The van der Waals surface area contributed by atoms with Crippen molar-refractivity contribution in [3.8, 4) is 0 Å².